The molecule has 0 aliphatic carbocycles. The standard InChI is InChI=1S/C17H26N4O/c1-6-21-16(13(4)19-20-21)11-18-17(12(2)3)14-7-9-15(22-5)10-8-14/h7-10,12,17-18H,6,11H2,1-5H3/t17-/m1/s1. The molecular weight excluding hydrogens is 276 g/mol. The van der Waals surface area contributed by atoms with Gasteiger partial charge >= 0.3 is 0 Å². The van der Waals surface area contributed by atoms with Crippen LogP contribution in [0, 0.1) is 12.8 Å². The van der Waals surface area contributed by atoms with Crippen LogP contribution in [0.4, 0.5) is 0 Å². The van der Waals surface area contributed by atoms with Gasteiger partial charge in [0.25, 0.3) is 0 Å². The molecule has 1 N–H and O–H groups in total. The van der Waals surface area contributed by atoms with E-state index in [1.807, 2.05) is 23.7 Å². The SMILES string of the molecule is CCn1nnc(C)c1CN[C@@H](c1ccc(OC)cc1)C(C)C. The first kappa shape index (κ1) is 16.5. The average Bonchev–Trinajstić information content (AvgIpc) is 2.88. The molecule has 0 aliphatic heterocycles. The Morgan fingerprint density at radius 1 is 1.23 bits per heavy atom. The predicted octanol–water partition coefficient (Wildman–Crippen LogP) is 3.10. The van der Waals surface area contributed by atoms with Crippen LogP contribution in [0.1, 0.15) is 43.8 Å². The largest absolute Gasteiger partial charge is 0.497 e. The Bertz CT molecular complexity index is 589. The van der Waals surface area contributed by atoms with Crippen molar-refractivity contribution in [2.24, 2.45) is 5.92 Å². The van der Waals surface area contributed by atoms with Crippen LogP contribution in [-0.4, -0.2) is 22.1 Å². The Hall–Kier alpha value is -1.88. The molecule has 0 aliphatic rings. The average molecular weight is 302 g/mol. The van der Waals surface area contributed by atoms with E-state index in [4.69, 9.17) is 4.74 Å². The fourth-order valence-corrected chi connectivity index (χ4v) is 2.65. The first-order valence-corrected chi connectivity index (χ1v) is 7.83. The second kappa shape index (κ2) is 7.40. The highest BCUT2D eigenvalue weighted by atomic mass is 16.5. The summed E-state index contributed by atoms with van der Waals surface area (Å²) in [5, 5.41) is 12.0. The number of nitrogens with one attached hydrogen (secondary N) is 1. The molecule has 1 aromatic carbocycles. The van der Waals surface area contributed by atoms with E-state index in [-0.39, 0.29) is 6.04 Å². The molecule has 0 saturated heterocycles. The predicted molar refractivity (Wildman–Crippen MR) is 87.8 cm³/mol. The van der Waals surface area contributed by atoms with Gasteiger partial charge in [-0.1, -0.05) is 31.2 Å². The van der Waals surface area contributed by atoms with Gasteiger partial charge in [0.1, 0.15) is 5.75 Å². The lowest BCUT2D eigenvalue weighted by molar-refractivity contribution is 0.398. The van der Waals surface area contributed by atoms with Crippen molar-refractivity contribution in [2.75, 3.05) is 7.11 Å². The number of hydrogen-bond acceptors (Lipinski definition) is 4. The van der Waals surface area contributed by atoms with Gasteiger partial charge in [0.05, 0.1) is 18.5 Å². The Balaban J connectivity index is 2.13. The summed E-state index contributed by atoms with van der Waals surface area (Å²) in [5.41, 5.74) is 3.41. The van der Waals surface area contributed by atoms with Gasteiger partial charge in [-0.2, -0.15) is 0 Å². The summed E-state index contributed by atoms with van der Waals surface area (Å²) in [7, 11) is 1.69. The van der Waals surface area contributed by atoms with E-state index in [0.717, 1.165) is 30.2 Å². The molecule has 1 aromatic heterocycles. The smallest absolute Gasteiger partial charge is 0.118 e. The van der Waals surface area contributed by atoms with Crippen molar-refractivity contribution in [2.45, 2.75) is 46.8 Å². The van der Waals surface area contributed by atoms with Crippen LogP contribution >= 0.6 is 0 Å². The van der Waals surface area contributed by atoms with Crippen LogP contribution in [0.15, 0.2) is 24.3 Å². The first-order chi connectivity index (χ1) is 10.6. The van der Waals surface area contributed by atoms with Crippen LogP contribution < -0.4 is 10.1 Å². The van der Waals surface area contributed by atoms with E-state index in [0.29, 0.717) is 5.92 Å². The highest BCUT2D eigenvalue weighted by Gasteiger charge is 2.17. The minimum Gasteiger partial charge on any atom is -0.497 e. The molecule has 0 radical (unpaired) electrons. The monoisotopic (exact) mass is 302 g/mol. The lowest BCUT2D eigenvalue weighted by Crippen LogP contribution is -2.26. The Morgan fingerprint density at radius 3 is 2.45 bits per heavy atom. The van der Waals surface area contributed by atoms with Crippen molar-refractivity contribution in [3.8, 4) is 5.75 Å². The quantitative estimate of drug-likeness (QED) is 0.854. The van der Waals surface area contributed by atoms with Crippen LogP contribution in [0.2, 0.25) is 0 Å². The molecule has 0 amide bonds. The minimum absolute atomic E-state index is 0.283. The minimum atomic E-state index is 0.283. The molecule has 0 fully saturated rings. The Morgan fingerprint density at radius 2 is 1.91 bits per heavy atom. The molecule has 0 spiro atoms. The van der Waals surface area contributed by atoms with E-state index < -0.39 is 0 Å². The van der Waals surface area contributed by atoms with Crippen molar-refractivity contribution in [3.05, 3.63) is 41.2 Å². The van der Waals surface area contributed by atoms with Crippen LogP contribution in [0.3, 0.4) is 0 Å². The number of rotatable bonds is 7. The third-order valence-electron chi connectivity index (χ3n) is 3.96. The molecule has 0 unspecified atom stereocenters. The number of methoxy groups -OCH3 is 1. The van der Waals surface area contributed by atoms with Crippen LogP contribution in [0.25, 0.3) is 0 Å². The summed E-state index contributed by atoms with van der Waals surface area (Å²) < 4.78 is 7.19. The second-order valence-corrected chi connectivity index (χ2v) is 5.81. The molecule has 22 heavy (non-hydrogen) atoms. The second-order valence-electron chi connectivity index (χ2n) is 5.81. The summed E-state index contributed by atoms with van der Waals surface area (Å²) in [4.78, 5) is 0. The summed E-state index contributed by atoms with van der Waals surface area (Å²) in [6.07, 6.45) is 0. The molecule has 5 heteroatoms. The summed E-state index contributed by atoms with van der Waals surface area (Å²) in [6.45, 7) is 10.2. The number of ether oxygens (including phenoxy) is 1. The van der Waals surface area contributed by atoms with Crippen molar-refractivity contribution in [3.63, 3.8) is 0 Å². The lowest BCUT2D eigenvalue weighted by atomic mass is 9.96. The van der Waals surface area contributed by atoms with Gasteiger partial charge < -0.3 is 10.1 Å². The molecule has 2 rings (SSSR count). The Kier molecular flexibility index (Phi) is 5.55. The number of aryl methyl sites for hydroxylation is 2. The van der Waals surface area contributed by atoms with Gasteiger partial charge in [0.15, 0.2) is 0 Å². The maximum absolute atomic E-state index is 5.23. The maximum Gasteiger partial charge on any atom is 0.118 e. The van der Waals surface area contributed by atoms with Gasteiger partial charge in [-0.05, 0) is 37.5 Å². The zero-order chi connectivity index (χ0) is 16.1. The summed E-state index contributed by atoms with van der Waals surface area (Å²) in [6, 6.07) is 8.55. The van der Waals surface area contributed by atoms with Gasteiger partial charge in [-0.25, -0.2) is 4.68 Å². The van der Waals surface area contributed by atoms with E-state index in [1.165, 1.54) is 5.56 Å². The molecule has 5 nitrogen and oxygen atoms in total. The lowest BCUT2D eigenvalue weighted by Gasteiger charge is -2.23. The highest BCUT2D eigenvalue weighted by molar-refractivity contribution is 5.29. The maximum atomic E-state index is 5.23. The molecule has 1 atom stereocenters. The van der Waals surface area contributed by atoms with Crippen molar-refractivity contribution >= 4 is 0 Å². The number of nitrogens with zero attached hydrogens (tertiary/aromatic N) is 3. The van der Waals surface area contributed by atoms with Crippen molar-refractivity contribution < 1.29 is 4.74 Å². The van der Waals surface area contributed by atoms with Crippen LogP contribution in [-0.2, 0) is 13.1 Å². The molecule has 0 bridgehead atoms. The van der Waals surface area contributed by atoms with Crippen molar-refractivity contribution in [1.29, 1.82) is 0 Å². The first-order valence-electron chi connectivity index (χ1n) is 7.83. The van der Waals surface area contributed by atoms with Gasteiger partial charge in [0, 0.05) is 19.1 Å². The molecule has 120 valence electrons. The van der Waals surface area contributed by atoms with E-state index >= 15 is 0 Å². The van der Waals surface area contributed by atoms with E-state index in [1.54, 1.807) is 7.11 Å². The number of aromatic nitrogens is 3. The van der Waals surface area contributed by atoms with Gasteiger partial charge in [-0.15, -0.1) is 5.10 Å². The zero-order valence-corrected chi connectivity index (χ0v) is 14.1. The fraction of sp³-hybridized carbons (Fsp3) is 0.529. The molecule has 0 saturated carbocycles. The van der Waals surface area contributed by atoms with Crippen molar-refractivity contribution in [1.82, 2.24) is 20.3 Å². The van der Waals surface area contributed by atoms with E-state index in [2.05, 4.69) is 48.5 Å². The summed E-state index contributed by atoms with van der Waals surface area (Å²) in [5.74, 6) is 1.37. The molecule has 2 aromatic rings. The third-order valence-corrected chi connectivity index (χ3v) is 3.96. The fourth-order valence-electron chi connectivity index (χ4n) is 2.65. The molecular formula is C17H26N4O. The number of benzene rings is 1. The number of hydrogen-bond donors (Lipinski definition) is 1. The topological polar surface area (TPSA) is 52.0 Å². The van der Waals surface area contributed by atoms with Crippen LogP contribution in [0.5, 0.6) is 5.75 Å². The van der Waals surface area contributed by atoms with Gasteiger partial charge in [0.2, 0.25) is 0 Å². The zero-order valence-electron chi connectivity index (χ0n) is 14.1. The van der Waals surface area contributed by atoms with Gasteiger partial charge in [-0.3, -0.25) is 0 Å². The van der Waals surface area contributed by atoms with E-state index in [9.17, 15) is 0 Å². The highest BCUT2D eigenvalue weighted by Crippen LogP contribution is 2.24. The molecule has 1 heterocycles. The Labute approximate surface area is 132 Å². The normalized spacial score (nSPS) is 12.6. The third kappa shape index (κ3) is 3.65. The summed E-state index contributed by atoms with van der Waals surface area (Å²) >= 11 is 0.